The zero-order valence-corrected chi connectivity index (χ0v) is 15.4. The van der Waals surface area contributed by atoms with Gasteiger partial charge < -0.3 is 14.8 Å². The SMILES string of the molecule is COc1cc(OCc2ccc(Cl)cc2)ccc1CNCc1ccncc1. The second-order valence-electron chi connectivity index (χ2n) is 5.85. The van der Waals surface area contributed by atoms with Crippen molar-refractivity contribution in [1.29, 1.82) is 0 Å². The molecule has 0 unspecified atom stereocenters. The van der Waals surface area contributed by atoms with Gasteiger partial charge in [0.05, 0.1) is 7.11 Å². The van der Waals surface area contributed by atoms with Crippen LogP contribution in [0.4, 0.5) is 0 Å². The van der Waals surface area contributed by atoms with Crippen molar-refractivity contribution in [2.24, 2.45) is 0 Å². The third-order valence-electron chi connectivity index (χ3n) is 3.97. The van der Waals surface area contributed by atoms with Gasteiger partial charge in [-0.15, -0.1) is 0 Å². The Labute approximate surface area is 158 Å². The molecule has 3 aromatic rings. The molecule has 0 aliphatic rings. The maximum atomic E-state index is 5.90. The van der Waals surface area contributed by atoms with E-state index in [1.165, 1.54) is 5.56 Å². The highest BCUT2D eigenvalue weighted by molar-refractivity contribution is 6.30. The fourth-order valence-corrected chi connectivity index (χ4v) is 2.68. The third kappa shape index (κ3) is 5.22. The van der Waals surface area contributed by atoms with Crippen molar-refractivity contribution < 1.29 is 9.47 Å². The number of nitrogens with one attached hydrogen (secondary N) is 1. The maximum absolute atomic E-state index is 5.90. The van der Waals surface area contributed by atoms with Gasteiger partial charge in [0.1, 0.15) is 18.1 Å². The molecule has 0 bridgehead atoms. The number of hydrogen-bond donors (Lipinski definition) is 1. The summed E-state index contributed by atoms with van der Waals surface area (Å²) in [7, 11) is 1.67. The van der Waals surface area contributed by atoms with E-state index in [0.29, 0.717) is 13.2 Å². The number of benzene rings is 2. The number of aromatic nitrogens is 1. The lowest BCUT2D eigenvalue weighted by Gasteiger charge is -2.13. The van der Waals surface area contributed by atoms with Gasteiger partial charge in [-0.3, -0.25) is 4.98 Å². The molecule has 0 saturated carbocycles. The van der Waals surface area contributed by atoms with Crippen LogP contribution in [-0.4, -0.2) is 12.1 Å². The zero-order valence-electron chi connectivity index (χ0n) is 14.6. The Kier molecular flexibility index (Phi) is 6.47. The average Bonchev–Trinajstić information content (AvgIpc) is 2.69. The summed E-state index contributed by atoms with van der Waals surface area (Å²) in [6, 6.07) is 17.5. The Hall–Kier alpha value is -2.56. The van der Waals surface area contributed by atoms with E-state index >= 15 is 0 Å². The first-order valence-electron chi connectivity index (χ1n) is 8.38. The van der Waals surface area contributed by atoms with Crippen molar-refractivity contribution in [1.82, 2.24) is 10.3 Å². The van der Waals surface area contributed by atoms with Crippen molar-refractivity contribution in [3.05, 3.63) is 88.7 Å². The minimum Gasteiger partial charge on any atom is -0.496 e. The highest BCUT2D eigenvalue weighted by atomic mass is 35.5. The molecule has 1 aromatic heterocycles. The van der Waals surface area contributed by atoms with Gasteiger partial charge >= 0.3 is 0 Å². The number of halogens is 1. The van der Waals surface area contributed by atoms with Crippen LogP contribution in [0.3, 0.4) is 0 Å². The second kappa shape index (κ2) is 9.22. The Morgan fingerprint density at radius 1 is 0.923 bits per heavy atom. The standard InChI is InChI=1S/C21H21ClN2O2/c1-25-21-12-20(26-15-17-2-5-19(22)6-3-17)7-4-18(21)14-24-13-16-8-10-23-11-9-16/h2-12,24H,13-15H2,1H3. The summed E-state index contributed by atoms with van der Waals surface area (Å²) in [6.45, 7) is 1.98. The molecule has 0 fully saturated rings. The predicted molar refractivity (Wildman–Crippen MR) is 104 cm³/mol. The van der Waals surface area contributed by atoms with Gasteiger partial charge in [-0.05, 0) is 41.5 Å². The fraction of sp³-hybridized carbons (Fsp3) is 0.190. The van der Waals surface area contributed by atoms with Crippen molar-refractivity contribution in [3.8, 4) is 11.5 Å². The number of pyridine rings is 1. The molecule has 0 aliphatic carbocycles. The van der Waals surface area contributed by atoms with E-state index in [0.717, 1.165) is 34.2 Å². The molecule has 26 heavy (non-hydrogen) atoms. The summed E-state index contributed by atoms with van der Waals surface area (Å²) < 4.78 is 11.4. The predicted octanol–water partition coefficient (Wildman–Crippen LogP) is 4.61. The number of hydrogen-bond acceptors (Lipinski definition) is 4. The molecule has 0 aliphatic heterocycles. The molecule has 0 atom stereocenters. The summed E-state index contributed by atoms with van der Waals surface area (Å²) in [6.07, 6.45) is 3.59. The maximum Gasteiger partial charge on any atom is 0.127 e. The summed E-state index contributed by atoms with van der Waals surface area (Å²) in [5.41, 5.74) is 3.35. The van der Waals surface area contributed by atoms with E-state index < -0.39 is 0 Å². The quantitative estimate of drug-likeness (QED) is 0.630. The summed E-state index contributed by atoms with van der Waals surface area (Å²) in [5, 5.41) is 4.14. The molecular weight excluding hydrogens is 348 g/mol. The van der Waals surface area contributed by atoms with Crippen LogP contribution in [0, 0.1) is 0 Å². The normalized spacial score (nSPS) is 10.5. The molecule has 0 amide bonds. The molecular formula is C21H21ClN2O2. The lowest BCUT2D eigenvalue weighted by atomic mass is 10.1. The van der Waals surface area contributed by atoms with Crippen LogP contribution in [0.1, 0.15) is 16.7 Å². The number of ether oxygens (including phenoxy) is 2. The second-order valence-corrected chi connectivity index (χ2v) is 6.28. The molecule has 0 spiro atoms. The van der Waals surface area contributed by atoms with Crippen LogP contribution in [0.5, 0.6) is 11.5 Å². The molecule has 2 aromatic carbocycles. The highest BCUT2D eigenvalue weighted by Crippen LogP contribution is 2.25. The number of nitrogens with zero attached hydrogens (tertiary/aromatic N) is 1. The topological polar surface area (TPSA) is 43.4 Å². The summed E-state index contributed by atoms with van der Waals surface area (Å²) in [5.74, 6) is 1.58. The first-order chi connectivity index (χ1) is 12.7. The smallest absolute Gasteiger partial charge is 0.127 e. The monoisotopic (exact) mass is 368 g/mol. The van der Waals surface area contributed by atoms with Crippen molar-refractivity contribution in [2.75, 3.05) is 7.11 Å². The Bertz CT molecular complexity index is 823. The lowest BCUT2D eigenvalue weighted by molar-refractivity contribution is 0.303. The Morgan fingerprint density at radius 3 is 2.42 bits per heavy atom. The van der Waals surface area contributed by atoms with Crippen molar-refractivity contribution in [3.63, 3.8) is 0 Å². The molecule has 3 rings (SSSR count). The van der Waals surface area contributed by atoms with Gasteiger partial charge in [0, 0.05) is 42.1 Å². The van der Waals surface area contributed by atoms with Crippen LogP contribution < -0.4 is 14.8 Å². The van der Waals surface area contributed by atoms with Crippen LogP contribution >= 0.6 is 11.6 Å². The molecule has 4 nitrogen and oxygen atoms in total. The fourth-order valence-electron chi connectivity index (χ4n) is 2.55. The van der Waals surface area contributed by atoms with Crippen LogP contribution in [-0.2, 0) is 19.7 Å². The minimum atomic E-state index is 0.486. The number of methoxy groups -OCH3 is 1. The Balaban J connectivity index is 1.57. The van der Waals surface area contributed by atoms with E-state index in [2.05, 4.69) is 10.3 Å². The first kappa shape index (κ1) is 18.2. The van der Waals surface area contributed by atoms with Crippen LogP contribution in [0.15, 0.2) is 67.0 Å². The highest BCUT2D eigenvalue weighted by Gasteiger charge is 2.06. The van der Waals surface area contributed by atoms with Gasteiger partial charge in [-0.25, -0.2) is 0 Å². The molecule has 1 N–H and O–H groups in total. The van der Waals surface area contributed by atoms with E-state index in [-0.39, 0.29) is 0 Å². The largest absolute Gasteiger partial charge is 0.496 e. The average molecular weight is 369 g/mol. The Morgan fingerprint density at radius 2 is 1.69 bits per heavy atom. The molecule has 5 heteroatoms. The van der Waals surface area contributed by atoms with Gasteiger partial charge in [-0.2, -0.15) is 0 Å². The lowest BCUT2D eigenvalue weighted by Crippen LogP contribution is -2.13. The van der Waals surface area contributed by atoms with Crippen LogP contribution in [0.2, 0.25) is 5.02 Å². The van der Waals surface area contributed by atoms with Gasteiger partial charge in [0.25, 0.3) is 0 Å². The zero-order chi connectivity index (χ0) is 18.2. The molecule has 134 valence electrons. The van der Waals surface area contributed by atoms with E-state index in [9.17, 15) is 0 Å². The van der Waals surface area contributed by atoms with Gasteiger partial charge in [-0.1, -0.05) is 29.8 Å². The van der Waals surface area contributed by atoms with E-state index in [1.807, 2.05) is 54.6 Å². The van der Waals surface area contributed by atoms with Gasteiger partial charge in [0.15, 0.2) is 0 Å². The van der Waals surface area contributed by atoms with Gasteiger partial charge in [0.2, 0.25) is 0 Å². The van der Waals surface area contributed by atoms with Crippen molar-refractivity contribution in [2.45, 2.75) is 19.7 Å². The van der Waals surface area contributed by atoms with E-state index in [1.54, 1.807) is 19.5 Å². The third-order valence-corrected chi connectivity index (χ3v) is 4.22. The first-order valence-corrected chi connectivity index (χ1v) is 8.76. The molecule has 0 radical (unpaired) electrons. The van der Waals surface area contributed by atoms with Crippen molar-refractivity contribution >= 4 is 11.6 Å². The minimum absolute atomic E-state index is 0.486. The van der Waals surface area contributed by atoms with E-state index in [4.69, 9.17) is 21.1 Å². The van der Waals surface area contributed by atoms with Crippen LogP contribution in [0.25, 0.3) is 0 Å². The summed E-state index contributed by atoms with van der Waals surface area (Å²) in [4.78, 5) is 4.02. The number of rotatable bonds is 8. The summed E-state index contributed by atoms with van der Waals surface area (Å²) >= 11 is 5.90. The molecule has 0 saturated heterocycles. The molecule has 1 heterocycles.